The molecule has 5 nitrogen and oxygen atoms in total. The second-order valence-corrected chi connectivity index (χ2v) is 3.89. The lowest BCUT2D eigenvalue weighted by molar-refractivity contribution is 0.0549. The Kier molecular flexibility index (Phi) is 4.44. The summed E-state index contributed by atoms with van der Waals surface area (Å²) in [4.78, 5) is 11.7. The van der Waals surface area contributed by atoms with E-state index in [-0.39, 0.29) is 5.97 Å². The smallest absolute Gasteiger partial charge is 0.338 e. The molecule has 2 rings (SSSR count). The molecule has 0 spiro atoms. The number of allylic oxidation sites excluding steroid dienone is 1. The number of aromatic nitrogens is 3. The number of rotatable bonds is 5. The zero-order valence-electron chi connectivity index (χ0n) is 10.7. The number of hydrogen-bond acceptors (Lipinski definition) is 4. The van der Waals surface area contributed by atoms with E-state index < -0.39 is 0 Å². The van der Waals surface area contributed by atoms with Crippen molar-refractivity contribution >= 4 is 5.97 Å². The predicted octanol–water partition coefficient (Wildman–Crippen LogP) is 2.39. The number of carbonyl (C=O) groups excluding carboxylic acids is 1. The van der Waals surface area contributed by atoms with E-state index in [4.69, 9.17) is 4.74 Å². The van der Waals surface area contributed by atoms with Crippen molar-refractivity contribution in [2.24, 2.45) is 0 Å². The number of nitrogens with zero attached hydrogens (tertiary/aromatic N) is 3. The second kappa shape index (κ2) is 6.49. The normalized spacial score (nSPS) is 10.8. The fraction of sp³-hybridized carbons (Fsp3) is 0.214. The molecule has 0 N–H and O–H groups in total. The fourth-order valence-electron chi connectivity index (χ4n) is 1.55. The summed E-state index contributed by atoms with van der Waals surface area (Å²) in [6.07, 6.45) is 7.93. The molecular weight excluding hydrogens is 242 g/mol. The summed E-state index contributed by atoms with van der Waals surface area (Å²) in [5.74, 6) is -0.323. The highest BCUT2D eigenvalue weighted by atomic mass is 16.5. The van der Waals surface area contributed by atoms with Crippen LogP contribution in [0.15, 0.2) is 49.1 Å². The molecule has 0 saturated heterocycles. The Morgan fingerprint density at radius 1 is 1.21 bits per heavy atom. The molecule has 0 atom stereocenters. The first-order chi connectivity index (χ1) is 9.31. The first kappa shape index (κ1) is 13.0. The van der Waals surface area contributed by atoms with Crippen LogP contribution in [0.2, 0.25) is 0 Å². The van der Waals surface area contributed by atoms with E-state index in [0.29, 0.717) is 12.2 Å². The Balaban J connectivity index is 1.98. The molecule has 2 aromatic rings. The molecule has 0 fully saturated rings. The lowest BCUT2D eigenvalue weighted by Gasteiger charge is -2.04. The Hall–Kier alpha value is -2.43. The highest BCUT2D eigenvalue weighted by Crippen LogP contribution is 2.09. The van der Waals surface area contributed by atoms with Crippen LogP contribution in [0.4, 0.5) is 0 Å². The number of ether oxygens (including phenoxy) is 1. The minimum Gasteiger partial charge on any atom is -0.458 e. The standard InChI is InChI=1S/C14H15N3O2/c1-2-3-4-9-19-14(18)12-5-7-13(8-6-12)17-10-15-16-11-17/h3-8,10-11H,2,9H2,1H3. The van der Waals surface area contributed by atoms with Crippen LogP contribution in [0.25, 0.3) is 5.69 Å². The Bertz CT molecular complexity index is 545. The van der Waals surface area contributed by atoms with E-state index in [0.717, 1.165) is 12.1 Å². The molecule has 0 aliphatic rings. The van der Waals surface area contributed by atoms with Crippen LogP contribution in [0.5, 0.6) is 0 Å². The zero-order chi connectivity index (χ0) is 13.5. The summed E-state index contributed by atoms with van der Waals surface area (Å²) >= 11 is 0. The van der Waals surface area contributed by atoms with Gasteiger partial charge < -0.3 is 4.74 Å². The summed E-state index contributed by atoms with van der Waals surface area (Å²) in [6.45, 7) is 2.34. The predicted molar refractivity (Wildman–Crippen MR) is 71.1 cm³/mol. The maximum atomic E-state index is 11.7. The summed E-state index contributed by atoms with van der Waals surface area (Å²) in [6, 6.07) is 7.09. The van der Waals surface area contributed by atoms with Crippen molar-refractivity contribution in [2.45, 2.75) is 13.3 Å². The van der Waals surface area contributed by atoms with Crippen LogP contribution < -0.4 is 0 Å². The van der Waals surface area contributed by atoms with Crippen molar-refractivity contribution in [3.63, 3.8) is 0 Å². The molecule has 1 aromatic carbocycles. The van der Waals surface area contributed by atoms with E-state index in [9.17, 15) is 4.79 Å². The third-order valence-electron chi connectivity index (χ3n) is 2.53. The number of esters is 1. The van der Waals surface area contributed by atoms with E-state index in [1.165, 1.54) is 0 Å². The van der Waals surface area contributed by atoms with Crippen molar-refractivity contribution in [2.75, 3.05) is 6.61 Å². The van der Waals surface area contributed by atoms with Gasteiger partial charge in [-0.25, -0.2) is 4.79 Å². The van der Waals surface area contributed by atoms with Crippen molar-refractivity contribution in [1.82, 2.24) is 14.8 Å². The Labute approximate surface area is 111 Å². The molecule has 1 heterocycles. The third-order valence-corrected chi connectivity index (χ3v) is 2.53. The van der Waals surface area contributed by atoms with Gasteiger partial charge in [0.05, 0.1) is 5.56 Å². The van der Waals surface area contributed by atoms with Crippen LogP contribution >= 0.6 is 0 Å². The van der Waals surface area contributed by atoms with Crippen LogP contribution in [0.1, 0.15) is 23.7 Å². The number of carbonyl (C=O) groups is 1. The van der Waals surface area contributed by atoms with Crippen LogP contribution in [-0.4, -0.2) is 27.3 Å². The molecule has 0 amide bonds. The summed E-state index contributed by atoms with van der Waals surface area (Å²) in [5, 5.41) is 7.46. The highest BCUT2D eigenvalue weighted by molar-refractivity contribution is 5.89. The van der Waals surface area contributed by atoms with E-state index in [2.05, 4.69) is 10.2 Å². The first-order valence-electron chi connectivity index (χ1n) is 6.08. The van der Waals surface area contributed by atoms with Gasteiger partial charge in [-0.05, 0) is 30.7 Å². The van der Waals surface area contributed by atoms with E-state index in [1.54, 1.807) is 29.4 Å². The molecular formula is C14H15N3O2. The minimum atomic E-state index is -0.323. The Morgan fingerprint density at radius 2 is 1.89 bits per heavy atom. The minimum absolute atomic E-state index is 0.305. The monoisotopic (exact) mass is 257 g/mol. The molecule has 0 bridgehead atoms. The maximum absolute atomic E-state index is 11.7. The van der Waals surface area contributed by atoms with Gasteiger partial charge >= 0.3 is 5.97 Å². The summed E-state index contributed by atoms with van der Waals surface area (Å²) in [7, 11) is 0. The molecule has 0 aliphatic carbocycles. The fourth-order valence-corrected chi connectivity index (χ4v) is 1.55. The number of hydrogen-bond donors (Lipinski definition) is 0. The zero-order valence-corrected chi connectivity index (χ0v) is 10.7. The van der Waals surface area contributed by atoms with Gasteiger partial charge in [-0.3, -0.25) is 4.57 Å². The third kappa shape index (κ3) is 3.51. The van der Waals surface area contributed by atoms with Crippen molar-refractivity contribution in [3.8, 4) is 5.69 Å². The van der Waals surface area contributed by atoms with Crippen molar-refractivity contribution < 1.29 is 9.53 Å². The van der Waals surface area contributed by atoms with Crippen LogP contribution in [-0.2, 0) is 4.74 Å². The van der Waals surface area contributed by atoms with Gasteiger partial charge in [0, 0.05) is 5.69 Å². The summed E-state index contributed by atoms with van der Waals surface area (Å²) < 4.78 is 6.87. The largest absolute Gasteiger partial charge is 0.458 e. The molecule has 98 valence electrons. The summed E-state index contributed by atoms with van der Waals surface area (Å²) in [5.41, 5.74) is 1.43. The van der Waals surface area contributed by atoms with Crippen LogP contribution in [0.3, 0.4) is 0 Å². The lowest BCUT2D eigenvalue weighted by atomic mass is 10.2. The second-order valence-electron chi connectivity index (χ2n) is 3.89. The van der Waals surface area contributed by atoms with Gasteiger partial charge in [0.25, 0.3) is 0 Å². The molecule has 19 heavy (non-hydrogen) atoms. The van der Waals surface area contributed by atoms with Gasteiger partial charge in [0.1, 0.15) is 19.3 Å². The van der Waals surface area contributed by atoms with E-state index >= 15 is 0 Å². The van der Waals surface area contributed by atoms with Gasteiger partial charge in [0.15, 0.2) is 0 Å². The van der Waals surface area contributed by atoms with Crippen molar-refractivity contribution in [1.29, 1.82) is 0 Å². The number of benzene rings is 1. The molecule has 1 aromatic heterocycles. The molecule has 0 unspecified atom stereocenters. The van der Waals surface area contributed by atoms with Crippen molar-refractivity contribution in [3.05, 3.63) is 54.6 Å². The maximum Gasteiger partial charge on any atom is 0.338 e. The molecule has 5 heteroatoms. The molecule has 0 radical (unpaired) electrons. The highest BCUT2D eigenvalue weighted by Gasteiger charge is 2.06. The van der Waals surface area contributed by atoms with Crippen LogP contribution in [0, 0.1) is 0 Å². The molecule has 0 saturated carbocycles. The van der Waals surface area contributed by atoms with Gasteiger partial charge in [-0.1, -0.05) is 19.1 Å². The first-order valence-corrected chi connectivity index (χ1v) is 6.08. The topological polar surface area (TPSA) is 57.0 Å². The van der Waals surface area contributed by atoms with Gasteiger partial charge in [0.2, 0.25) is 0 Å². The average Bonchev–Trinajstić information content (AvgIpc) is 2.98. The molecule has 0 aliphatic heterocycles. The van der Waals surface area contributed by atoms with E-state index in [1.807, 2.05) is 31.2 Å². The van der Waals surface area contributed by atoms with Gasteiger partial charge in [-0.2, -0.15) is 0 Å². The lowest BCUT2D eigenvalue weighted by Crippen LogP contribution is -2.05. The quantitative estimate of drug-likeness (QED) is 0.609. The van der Waals surface area contributed by atoms with Gasteiger partial charge in [-0.15, -0.1) is 10.2 Å². The SMILES string of the molecule is CCC=CCOC(=O)c1ccc(-n2cnnc2)cc1. The average molecular weight is 257 g/mol. The Morgan fingerprint density at radius 3 is 2.53 bits per heavy atom.